The molecule has 2 N–H and O–H groups in total. The standard InChI is InChI=1S/C19H26N2O4/c1-18(2,3)15(16(23)20-4)21-17(24)19(11-10-14(22)25-19)12-13-8-6-5-7-9-13/h5-9,15H,10-12H2,1-4H3,(H,20,23)(H,21,24)/t15-,19+/m1/s1. The number of likely N-dealkylation sites (N-methyl/N-ethyl adjacent to an activating group) is 1. The predicted molar refractivity (Wildman–Crippen MR) is 93.7 cm³/mol. The van der Waals surface area contributed by atoms with Crippen molar-refractivity contribution in [1.82, 2.24) is 10.6 Å². The van der Waals surface area contributed by atoms with Crippen LogP contribution in [-0.2, 0) is 25.5 Å². The molecule has 0 aliphatic carbocycles. The van der Waals surface area contributed by atoms with Crippen LogP contribution in [0, 0.1) is 5.41 Å². The zero-order chi connectivity index (χ0) is 18.7. The fourth-order valence-corrected chi connectivity index (χ4v) is 3.00. The van der Waals surface area contributed by atoms with Crippen molar-refractivity contribution < 1.29 is 19.1 Å². The van der Waals surface area contributed by atoms with E-state index in [9.17, 15) is 14.4 Å². The third-order valence-corrected chi connectivity index (χ3v) is 4.44. The molecular weight excluding hydrogens is 320 g/mol. The Hall–Kier alpha value is -2.37. The lowest BCUT2D eigenvalue weighted by Crippen LogP contribution is -2.59. The molecule has 1 aliphatic rings. The molecule has 1 aromatic rings. The minimum Gasteiger partial charge on any atom is -0.449 e. The van der Waals surface area contributed by atoms with Gasteiger partial charge in [0.25, 0.3) is 5.91 Å². The first-order valence-electron chi connectivity index (χ1n) is 8.46. The summed E-state index contributed by atoms with van der Waals surface area (Å²) < 4.78 is 5.46. The number of hydrogen-bond acceptors (Lipinski definition) is 4. The predicted octanol–water partition coefficient (Wildman–Crippen LogP) is 1.58. The molecule has 0 saturated carbocycles. The third kappa shape index (κ3) is 4.38. The maximum absolute atomic E-state index is 13.0. The molecule has 1 heterocycles. The van der Waals surface area contributed by atoms with Gasteiger partial charge in [0.15, 0.2) is 5.60 Å². The molecule has 2 rings (SSSR count). The normalized spacial score (nSPS) is 21.4. The van der Waals surface area contributed by atoms with Crippen LogP contribution in [-0.4, -0.2) is 36.5 Å². The number of benzene rings is 1. The van der Waals surface area contributed by atoms with Crippen molar-refractivity contribution in [3.05, 3.63) is 35.9 Å². The van der Waals surface area contributed by atoms with Gasteiger partial charge >= 0.3 is 5.97 Å². The summed E-state index contributed by atoms with van der Waals surface area (Å²) in [4.78, 5) is 37.0. The number of rotatable bonds is 5. The lowest BCUT2D eigenvalue weighted by Gasteiger charge is -2.34. The molecule has 0 unspecified atom stereocenters. The first-order valence-corrected chi connectivity index (χ1v) is 8.46. The summed E-state index contributed by atoms with van der Waals surface area (Å²) in [7, 11) is 1.53. The topological polar surface area (TPSA) is 84.5 Å². The minimum atomic E-state index is -1.27. The summed E-state index contributed by atoms with van der Waals surface area (Å²) in [5, 5.41) is 5.38. The zero-order valence-electron chi connectivity index (χ0n) is 15.2. The Balaban J connectivity index is 2.27. The van der Waals surface area contributed by atoms with Gasteiger partial charge in [0, 0.05) is 26.3 Å². The Bertz CT molecular complexity index is 651. The van der Waals surface area contributed by atoms with Crippen LogP contribution in [0.15, 0.2) is 30.3 Å². The van der Waals surface area contributed by atoms with Crippen LogP contribution >= 0.6 is 0 Å². The molecule has 1 aliphatic heterocycles. The maximum Gasteiger partial charge on any atom is 0.307 e. The minimum absolute atomic E-state index is 0.195. The molecule has 0 spiro atoms. The quantitative estimate of drug-likeness (QED) is 0.793. The Kier molecular flexibility index (Phi) is 5.50. The largest absolute Gasteiger partial charge is 0.449 e. The molecule has 1 saturated heterocycles. The fraction of sp³-hybridized carbons (Fsp3) is 0.526. The highest BCUT2D eigenvalue weighted by molar-refractivity contribution is 5.94. The van der Waals surface area contributed by atoms with E-state index in [4.69, 9.17) is 4.74 Å². The van der Waals surface area contributed by atoms with Crippen LogP contribution in [0.3, 0.4) is 0 Å². The molecule has 0 bridgehead atoms. The smallest absolute Gasteiger partial charge is 0.307 e. The van der Waals surface area contributed by atoms with Crippen molar-refractivity contribution in [3.63, 3.8) is 0 Å². The van der Waals surface area contributed by atoms with Gasteiger partial charge in [-0.15, -0.1) is 0 Å². The second kappa shape index (κ2) is 7.25. The van der Waals surface area contributed by atoms with E-state index in [0.717, 1.165) is 5.56 Å². The summed E-state index contributed by atoms with van der Waals surface area (Å²) in [6.45, 7) is 5.62. The van der Waals surface area contributed by atoms with Gasteiger partial charge in [0.1, 0.15) is 6.04 Å². The van der Waals surface area contributed by atoms with Gasteiger partial charge in [-0.25, -0.2) is 0 Å². The van der Waals surface area contributed by atoms with E-state index >= 15 is 0 Å². The molecule has 2 atom stereocenters. The SMILES string of the molecule is CNC(=O)[C@@H](NC(=O)[C@@]1(Cc2ccccc2)CCC(=O)O1)C(C)(C)C. The number of hydrogen-bond donors (Lipinski definition) is 2. The molecule has 2 amide bonds. The zero-order valence-corrected chi connectivity index (χ0v) is 15.2. The molecule has 6 nitrogen and oxygen atoms in total. The van der Waals surface area contributed by atoms with E-state index in [-0.39, 0.29) is 18.7 Å². The van der Waals surface area contributed by atoms with Gasteiger partial charge in [-0.2, -0.15) is 0 Å². The Morgan fingerprint density at radius 1 is 1.24 bits per heavy atom. The number of cyclic esters (lactones) is 1. The molecule has 6 heteroatoms. The van der Waals surface area contributed by atoms with Gasteiger partial charge < -0.3 is 15.4 Å². The highest BCUT2D eigenvalue weighted by Crippen LogP contribution is 2.32. The van der Waals surface area contributed by atoms with Crippen molar-refractivity contribution in [1.29, 1.82) is 0 Å². The molecule has 0 aromatic heterocycles. The molecule has 0 radical (unpaired) electrons. The lowest BCUT2D eigenvalue weighted by molar-refractivity contribution is -0.159. The Morgan fingerprint density at radius 3 is 2.36 bits per heavy atom. The van der Waals surface area contributed by atoms with Crippen molar-refractivity contribution in [2.75, 3.05) is 7.05 Å². The molecule has 25 heavy (non-hydrogen) atoms. The molecule has 1 fully saturated rings. The summed E-state index contributed by atoms with van der Waals surface area (Å²) in [5.41, 5.74) is -0.845. The summed E-state index contributed by atoms with van der Waals surface area (Å²) in [5.74, 6) is -1.09. The van der Waals surface area contributed by atoms with E-state index in [0.29, 0.717) is 6.42 Å². The molecular formula is C19H26N2O4. The average molecular weight is 346 g/mol. The van der Waals surface area contributed by atoms with Gasteiger partial charge in [-0.05, 0) is 11.0 Å². The van der Waals surface area contributed by atoms with Crippen molar-refractivity contribution in [2.45, 2.75) is 51.7 Å². The number of carbonyl (C=O) groups is 3. The highest BCUT2D eigenvalue weighted by atomic mass is 16.6. The molecule has 1 aromatic carbocycles. The van der Waals surface area contributed by atoms with Crippen LogP contribution < -0.4 is 10.6 Å². The van der Waals surface area contributed by atoms with Gasteiger partial charge in [0.2, 0.25) is 5.91 Å². The van der Waals surface area contributed by atoms with Crippen LogP contribution in [0.25, 0.3) is 0 Å². The first-order chi connectivity index (χ1) is 11.7. The van der Waals surface area contributed by atoms with E-state index in [1.165, 1.54) is 7.05 Å². The van der Waals surface area contributed by atoms with E-state index in [1.54, 1.807) is 0 Å². The Labute approximate surface area is 148 Å². The first kappa shape index (κ1) is 19.0. The summed E-state index contributed by atoms with van der Waals surface area (Å²) in [6.07, 6.45) is 0.785. The fourth-order valence-electron chi connectivity index (χ4n) is 3.00. The maximum atomic E-state index is 13.0. The monoisotopic (exact) mass is 346 g/mol. The van der Waals surface area contributed by atoms with Crippen LogP contribution in [0.2, 0.25) is 0 Å². The number of amides is 2. The number of esters is 1. The third-order valence-electron chi connectivity index (χ3n) is 4.44. The van der Waals surface area contributed by atoms with Crippen molar-refractivity contribution in [3.8, 4) is 0 Å². The average Bonchev–Trinajstić information content (AvgIpc) is 2.93. The van der Waals surface area contributed by atoms with Crippen LogP contribution in [0.5, 0.6) is 0 Å². The number of carbonyl (C=O) groups excluding carboxylic acids is 3. The van der Waals surface area contributed by atoms with Gasteiger partial charge in [-0.3, -0.25) is 14.4 Å². The van der Waals surface area contributed by atoms with Gasteiger partial charge in [0.05, 0.1) is 0 Å². The summed E-state index contributed by atoms with van der Waals surface area (Å²) in [6, 6.07) is 8.69. The van der Waals surface area contributed by atoms with E-state index < -0.39 is 28.9 Å². The summed E-state index contributed by atoms with van der Waals surface area (Å²) >= 11 is 0. The van der Waals surface area contributed by atoms with E-state index in [2.05, 4.69) is 10.6 Å². The van der Waals surface area contributed by atoms with Crippen LogP contribution in [0.4, 0.5) is 0 Å². The van der Waals surface area contributed by atoms with Crippen molar-refractivity contribution >= 4 is 17.8 Å². The second-order valence-electron chi connectivity index (χ2n) is 7.52. The second-order valence-corrected chi connectivity index (χ2v) is 7.52. The number of ether oxygens (including phenoxy) is 1. The van der Waals surface area contributed by atoms with Gasteiger partial charge in [-0.1, -0.05) is 51.1 Å². The highest BCUT2D eigenvalue weighted by Gasteiger charge is 2.49. The van der Waals surface area contributed by atoms with Crippen LogP contribution in [0.1, 0.15) is 39.2 Å². The molecule has 136 valence electrons. The Morgan fingerprint density at radius 2 is 1.88 bits per heavy atom. The van der Waals surface area contributed by atoms with Crippen molar-refractivity contribution in [2.24, 2.45) is 5.41 Å². The lowest BCUT2D eigenvalue weighted by atomic mass is 9.84. The number of nitrogens with one attached hydrogen (secondary N) is 2. The van der Waals surface area contributed by atoms with E-state index in [1.807, 2.05) is 51.1 Å².